The third kappa shape index (κ3) is 2.85. The second-order valence-electron chi connectivity index (χ2n) is 4.60. The number of rotatable bonds is 5. The molecule has 1 atom stereocenters. The summed E-state index contributed by atoms with van der Waals surface area (Å²) < 4.78 is 5.04. The van der Waals surface area contributed by atoms with Crippen LogP contribution < -0.4 is 11.1 Å². The molecule has 1 amide bonds. The highest BCUT2D eigenvalue weighted by Crippen LogP contribution is 2.20. The molecule has 1 aromatic rings. The number of aromatic nitrogens is 1. The highest BCUT2D eigenvalue weighted by Gasteiger charge is 2.29. The van der Waals surface area contributed by atoms with Gasteiger partial charge in [0.05, 0.1) is 11.1 Å². The topological polar surface area (TPSA) is 81.2 Å². The van der Waals surface area contributed by atoms with Gasteiger partial charge in [0.2, 0.25) is 5.91 Å². The van der Waals surface area contributed by atoms with Crippen LogP contribution in [0.2, 0.25) is 0 Å². The fourth-order valence-electron chi connectivity index (χ4n) is 1.53. The normalized spacial score (nSPS) is 14.4. The zero-order chi connectivity index (χ0) is 13.1. The predicted molar refractivity (Wildman–Crippen MR) is 65.3 cm³/mol. The molecule has 1 aromatic heterocycles. The number of hydrogen-bond donors (Lipinski definition) is 2. The van der Waals surface area contributed by atoms with Crippen LogP contribution in [0.15, 0.2) is 4.52 Å². The zero-order valence-electron chi connectivity index (χ0n) is 11.0. The van der Waals surface area contributed by atoms with Gasteiger partial charge in [-0.2, -0.15) is 0 Å². The number of carbonyl (C=O) groups is 1. The van der Waals surface area contributed by atoms with E-state index in [-0.39, 0.29) is 5.91 Å². The van der Waals surface area contributed by atoms with E-state index in [0.717, 1.165) is 23.4 Å². The first-order valence-corrected chi connectivity index (χ1v) is 5.84. The fourth-order valence-corrected chi connectivity index (χ4v) is 1.53. The molecule has 3 N–H and O–H groups in total. The third-order valence-electron chi connectivity index (χ3n) is 3.39. The van der Waals surface area contributed by atoms with Gasteiger partial charge in [0.15, 0.2) is 0 Å². The lowest BCUT2D eigenvalue weighted by Gasteiger charge is -2.24. The summed E-state index contributed by atoms with van der Waals surface area (Å²) in [6.07, 6.45) is 0.719. The van der Waals surface area contributed by atoms with Gasteiger partial charge in [0.25, 0.3) is 0 Å². The molecule has 0 aliphatic rings. The molecule has 0 radical (unpaired) electrons. The van der Waals surface area contributed by atoms with E-state index in [1.165, 1.54) is 0 Å². The first-order chi connectivity index (χ1) is 7.94. The van der Waals surface area contributed by atoms with Crippen LogP contribution in [0.3, 0.4) is 0 Å². The fraction of sp³-hybridized carbons (Fsp3) is 0.667. The van der Waals surface area contributed by atoms with E-state index in [2.05, 4.69) is 10.5 Å². The Hall–Kier alpha value is -1.36. The predicted octanol–water partition coefficient (Wildman–Crippen LogP) is 1.28. The molecule has 0 aromatic carbocycles. The number of amides is 1. The maximum Gasteiger partial charge on any atom is 0.227 e. The molecule has 1 heterocycles. The van der Waals surface area contributed by atoms with Gasteiger partial charge in [-0.3, -0.25) is 4.79 Å². The van der Waals surface area contributed by atoms with Gasteiger partial charge in [-0.15, -0.1) is 0 Å². The highest BCUT2D eigenvalue weighted by atomic mass is 16.5. The Bertz CT molecular complexity index is 375. The van der Waals surface area contributed by atoms with Gasteiger partial charge in [0, 0.05) is 18.7 Å². The van der Waals surface area contributed by atoms with Crippen LogP contribution >= 0.6 is 0 Å². The maximum atomic E-state index is 12.0. The third-order valence-corrected chi connectivity index (χ3v) is 3.39. The van der Waals surface area contributed by atoms with Crippen molar-refractivity contribution in [3.05, 3.63) is 17.0 Å². The van der Waals surface area contributed by atoms with Crippen molar-refractivity contribution in [2.75, 3.05) is 6.54 Å². The summed E-state index contributed by atoms with van der Waals surface area (Å²) in [4.78, 5) is 12.0. The molecule has 5 nitrogen and oxygen atoms in total. The van der Waals surface area contributed by atoms with Crippen molar-refractivity contribution in [2.45, 2.75) is 40.7 Å². The van der Waals surface area contributed by atoms with E-state index in [1.54, 1.807) is 0 Å². The van der Waals surface area contributed by atoms with Crippen molar-refractivity contribution in [1.29, 1.82) is 0 Å². The SMILES string of the molecule is CCC(C)(CN)C(=O)NCc1c(C)noc1C. The molecule has 0 aliphatic carbocycles. The van der Waals surface area contributed by atoms with E-state index in [0.29, 0.717) is 13.1 Å². The summed E-state index contributed by atoms with van der Waals surface area (Å²) in [5, 5.41) is 6.74. The zero-order valence-corrected chi connectivity index (χ0v) is 11.0. The Balaban J connectivity index is 2.66. The van der Waals surface area contributed by atoms with Gasteiger partial charge >= 0.3 is 0 Å². The molecule has 0 fully saturated rings. The molecular formula is C12H21N3O2. The van der Waals surface area contributed by atoms with Crippen molar-refractivity contribution in [1.82, 2.24) is 10.5 Å². The van der Waals surface area contributed by atoms with Gasteiger partial charge in [0.1, 0.15) is 5.76 Å². The lowest BCUT2D eigenvalue weighted by Crippen LogP contribution is -2.43. The first kappa shape index (κ1) is 13.7. The molecule has 0 saturated heterocycles. The largest absolute Gasteiger partial charge is 0.361 e. The van der Waals surface area contributed by atoms with E-state index in [9.17, 15) is 4.79 Å². The van der Waals surface area contributed by atoms with Gasteiger partial charge in [-0.25, -0.2) is 0 Å². The quantitative estimate of drug-likeness (QED) is 0.811. The smallest absolute Gasteiger partial charge is 0.227 e. The maximum absolute atomic E-state index is 12.0. The Morgan fingerprint density at radius 2 is 2.18 bits per heavy atom. The van der Waals surface area contributed by atoms with Crippen LogP contribution in [0.5, 0.6) is 0 Å². The lowest BCUT2D eigenvalue weighted by atomic mass is 9.86. The molecular weight excluding hydrogens is 218 g/mol. The van der Waals surface area contributed by atoms with Crippen LogP contribution in [-0.4, -0.2) is 17.6 Å². The van der Waals surface area contributed by atoms with Crippen LogP contribution in [-0.2, 0) is 11.3 Å². The van der Waals surface area contributed by atoms with E-state index < -0.39 is 5.41 Å². The molecule has 1 rings (SSSR count). The number of nitrogens with one attached hydrogen (secondary N) is 1. The minimum absolute atomic E-state index is 0.0255. The summed E-state index contributed by atoms with van der Waals surface area (Å²) >= 11 is 0. The molecule has 0 aliphatic heterocycles. The standard InChI is InChI=1S/C12H21N3O2/c1-5-12(4,7-13)11(16)14-6-10-8(2)15-17-9(10)3/h5-7,13H2,1-4H3,(H,14,16). The molecule has 17 heavy (non-hydrogen) atoms. The molecule has 5 heteroatoms. The van der Waals surface area contributed by atoms with Crippen molar-refractivity contribution in [2.24, 2.45) is 11.1 Å². The highest BCUT2D eigenvalue weighted by molar-refractivity contribution is 5.82. The summed E-state index contributed by atoms with van der Waals surface area (Å²) in [7, 11) is 0. The Morgan fingerprint density at radius 1 is 1.53 bits per heavy atom. The summed E-state index contributed by atoms with van der Waals surface area (Å²) in [6, 6.07) is 0. The van der Waals surface area contributed by atoms with Gasteiger partial charge in [-0.05, 0) is 27.2 Å². The molecule has 0 bridgehead atoms. The van der Waals surface area contributed by atoms with Crippen LogP contribution in [0.25, 0.3) is 0 Å². The summed E-state index contributed by atoms with van der Waals surface area (Å²) in [5.41, 5.74) is 6.89. The van der Waals surface area contributed by atoms with E-state index >= 15 is 0 Å². The number of nitrogens with two attached hydrogens (primary N) is 1. The molecule has 96 valence electrons. The van der Waals surface area contributed by atoms with Crippen molar-refractivity contribution in [3.63, 3.8) is 0 Å². The van der Waals surface area contributed by atoms with Crippen LogP contribution in [0.1, 0.15) is 37.3 Å². The minimum atomic E-state index is -0.501. The average Bonchev–Trinajstić information content (AvgIpc) is 2.65. The van der Waals surface area contributed by atoms with Crippen molar-refractivity contribution in [3.8, 4) is 0 Å². The monoisotopic (exact) mass is 239 g/mol. The summed E-state index contributed by atoms with van der Waals surface area (Å²) in [5.74, 6) is 0.719. The van der Waals surface area contributed by atoms with Crippen molar-refractivity contribution < 1.29 is 9.32 Å². The number of aryl methyl sites for hydroxylation is 2. The van der Waals surface area contributed by atoms with Crippen LogP contribution in [0, 0.1) is 19.3 Å². The Kier molecular flexibility index (Phi) is 4.28. The number of carbonyl (C=O) groups excluding carboxylic acids is 1. The number of hydrogen-bond acceptors (Lipinski definition) is 4. The lowest BCUT2D eigenvalue weighted by molar-refractivity contribution is -0.130. The summed E-state index contributed by atoms with van der Waals surface area (Å²) in [6.45, 7) is 8.31. The molecule has 0 saturated carbocycles. The Labute approximate surface area is 102 Å². The second kappa shape index (κ2) is 5.31. The molecule has 0 spiro atoms. The van der Waals surface area contributed by atoms with Gasteiger partial charge in [-0.1, -0.05) is 12.1 Å². The molecule has 1 unspecified atom stereocenters. The first-order valence-electron chi connectivity index (χ1n) is 5.84. The van der Waals surface area contributed by atoms with Crippen LogP contribution in [0.4, 0.5) is 0 Å². The van der Waals surface area contributed by atoms with Gasteiger partial charge < -0.3 is 15.6 Å². The van der Waals surface area contributed by atoms with Crippen molar-refractivity contribution >= 4 is 5.91 Å². The minimum Gasteiger partial charge on any atom is -0.361 e. The Morgan fingerprint density at radius 3 is 2.59 bits per heavy atom. The average molecular weight is 239 g/mol. The van der Waals surface area contributed by atoms with E-state index in [4.69, 9.17) is 10.3 Å². The second-order valence-corrected chi connectivity index (χ2v) is 4.60. The van der Waals surface area contributed by atoms with E-state index in [1.807, 2.05) is 27.7 Å². The number of nitrogens with zero attached hydrogens (tertiary/aromatic N) is 1.